The fourth-order valence-electron chi connectivity index (χ4n) is 3.75. The van der Waals surface area contributed by atoms with Gasteiger partial charge in [0.1, 0.15) is 17.5 Å². The molecule has 8 heteroatoms. The summed E-state index contributed by atoms with van der Waals surface area (Å²) in [6.45, 7) is 7.50. The van der Waals surface area contributed by atoms with Crippen molar-refractivity contribution in [3.63, 3.8) is 0 Å². The van der Waals surface area contributed by atoms with Crippen molar-refractivity contribution in [3.8, 4) is 5.75 Å². The molecule has 1 aromatic heterocycles. The van der Waals surface area contributed by atoms with Gasteiger partial charge in [0.2, 0.25) is 5.91 Å². The van der Waals surface area contributed by atoms with E-state index in [9.17, 15) is 20.1 Å². The van der Waals surface area contributed by atoms with E-state index in [0.717, 1.165) is 24.1 Å². The van der Waals surface area contributed by atoms with E-state index in [0.29, 0.717) is 18.7 Å². The predicted molar refractivity (Wildman–Crippen MR) is 134 cm³/mol. The van der Waals surface area contributed by atoms with Gasteiger partial charge in [-0.1, -0.05) is 24.3 Å². The first-order valence-electron chi connectivity index (χ1n) is 11.8. The van der Waals surface area contributed by atoms with Crippen LogP contribution >= 0.6 is 0 Å². The molecular formula is C26H40N4O4. The molecule has 0 radical (unpaired) electrons. The van der Waals surface area contributed by atoms with Gasteiger partial charge in [0.25, 0.3) is 0 Å². The van der Waals surface area contributed by atoms with Crippen molar-refractivity contribution in [1.82, 2.24) is 20.5 Å². The molecule has 1 heterocycles. The number of nitrogens with one attached hydrogen (secondary N) is 2. The first-order chi connectivity index (χ1) is 16.0. The number of aliphatic hydroxyl groups excluding tert-OH is 2. The van der Waals surface area contributed by atoms with E-state index in [2.05, 4.69) is 40.4 Å². The molecule has 0 aliphatic carbocycles. The van der Waals surface area contributed by atoms with E-state index in [1.165, 1.54) is 6.07 Å². The van der Waals surface area contributed by atoms with Crippen molar-refractivity contribution >= 4 is 5.91 Å². The summed E-state index contributed by atoms with van der Waals surface area (Å²) in [7, 11) is 4.04. The summed E-state index contributed by atoms with van der Waals surface area (Å²) in [5.74, 6) is -0.304. The van der Waals surface area contributed by atoms with Crippen LogP contribution in [0.4, 0.5) is 0 Å². The van der Waals surface area contributed by atoms with Gasteiger partial charge >= 0.3 is 0 Å². The smallest absolute Gasteiger partial charge is 0.227 e. The van der Waals surface area contributed by atoms with E-state index in [4.69, 9.17) is 0 Å². The highest BCUT2D eigenvalue weighted by Crippen LogP contribution is 2.22. The highest BCUT2D eigenvalue weighted by Gasteiger charge is 2.22. The summed E-state index contributed by atoms with van der Waals surface area (Å²) in [6.07, 6.45) is 0.737. The van der Waals surface area contributed by atoms with Crippen molar-refractivity contribution in [3.05, 3.63) is 58.9 Å². The second-order valence-electron chi connectivity index (χ2n) is 9.73. The molecule has 8 nitrogen and oxygen atoms in total. The predicted octanol–water partition coefficient (Wildman–Crippen LogP) is 2.10. The number of hydrogen-bond donors (Lipinski definition) is 5. The fourth-order valence-corrected chi connectivity index (χ4v) is 3.75. The number of hydrogen-bond acceptors (Lipinski definition) is 7. The van der Waals surface area contributed by atoms with E-state index < -0.39 is 12.7 Å². The van der Waals surface area contributed by atoms with Gasteiger partial charge in [-0.3, -0.25) is 4.79 Å². The van der Waals surface area contributed by atoms with Gasteiger partial charge in [0, 0.05) is 18.6 Å². The summed E-state index contributed by atoms with van der Waals surface area (Å²) < 4.78 is 0. The molecule has 0 spiro atoms. The lowest BCUT2D eigenvalue weighted by molar-refractivity contribution is -0.122. The Balaban J connectivity index is 1.94. The molecule has 0 aliphatic heterocycles. The number of carbonyl (C=O) groups is 1. The third-order valence-electron chi connectivity index (χ3n) is 5.81. The Morgan fingerprint density at radius 2 is 1.94 bits per heavy atom. The maximum Gasteiger partial charge on any atom is 0.227 e. The van der Waals surface area contributed by atoms with Gasteiger partial charge in [-0.2, -0.15) is 0 Å². The van der Waals surface area contributed by atoms with Gasteiger partial charge in [-0.05, 0) is 77.5 Å². The Morgan fingerprint density at radius 3 is 2.62 bits per heavy atom. The minimum absolute atomic E-state index is 0.0278. The van der Waals surface area contributed by atoms with E-state index in [-0.39, 0.29) is 35.4 Å². The lowest BCUT2D eigenvalue weighted by atomic mass is 9.91. The van der Waals surface area contributed by atoms with Gasteiger partial charge in [-0.25, -0.2) is 4.98 Å². The third-order valence-corrected chi connectivity index (χ3v) is 5.81. The van der Waals surface area contributed by atoms with Crippen LogP contribution in [0, 0.1) is 0 Å². The highest BCUT2D eigenvalue weighted by atomic mass is 16.3. The van der Waals surface area contributed by atoms with Crippen LogP contribution in [-0.2, 0) is 17.8 Å². The monoisotopic (exact) mass is 472 g/mol. The number of aromatic nitrogens is 1. The van der Waals surface area contributed by atoms with Crippen LogP contribution in [-0.4, -0.2) is 70.4 Å². The first-order valence-corrected chi connectivity index (χ1v) is 11.8. The minimum Gasteiger partial charge on any atom is -0.506 e. The van der Waals surface area contributed by atoms with Gasteiger partial charge < -0.3 is 30.9 Å². The van der Waals surface area contributed by atoms with E-state index >= 15 is 0 Å². The lowest BCUT2D eigenvalue weighted by Gasteiger charge is -2.28. The molecule has 0 saturated carbocycles. The van der Waals surface area contributed by atoms with E-state index in [1.807, 2.05) is 39.2 Å². The number of pyridine rings is 1. The van der Waals surface area contributed by atoms with Crippen LogP contribution in [0.5, 0.6) is 5.75 Å². The Morgan fingerprint density at radius 1 is 1.21 bits per heavy atom. The van der Waals surface area contributed by atoms with Crippen LogP contribution in [0.3, 0.4) is 0 Å². The van der Waals surface area contributed by atoms with E-state index in [1.54, 1.807) is 6.07 Å². The summed E-state index contributed by atoms with van der Waals surface area (Å²) in [4.78, 5) is 18.8. The van der Waals surface area contributed by atoms with Gasteiger partial charge in [-0.15, -0.1) is 0 Å². The lowest BCUT2D eigenvalue weighted by Crippen LogP contribution is -2.43. The molecule has 188 valence electrons. The number of benzene rings is 1. The standard InChI is InChI=1S/C26H40N4O4/c1-18(25(34)27-12-7-13-30(4)5)20-9-6-8-19(14-20)15-26(2,3)28-16-24(33)21-10-11-23(32)22(17-31)29-21/h6,8-11,14,18,24,28,31-33H,7,12-13,15-17H2,1-5H3,(H,27,34). The second-order valence-corrected chi connectivity index (χ2v) is 9.73. The van der Waals surface area contributed by atoms with Crippen LogP contribution in [0.15, 0.2) is 36.4 Å². The first kappa shape index (κ1) is 27.7. The molecule has 0 bridgehead atoms. The summed E-state index contributed by atoms with van der Waals surface area (Å²) >= 11 is 0. The molecular weight excluding hydrogens is 432 g/mol. The minimum atomic E-state index is -0.882. The zero-order valence-electron chi connectivity index (χ0n) is 21.0. The zero-order chi connectivity index (χ0) is 25.3. The topological polar surface area (TPSA) is 118 Å². The number of rotatable bonds is 13. The molecule has 5 N–H and O–H groups in total. The van der Waals surface area contributed by atoms with Crippen LogP contribution in [0.25, 0.3) is 0 Å². The van der Waals surface area contributed by atoms with Gasteiger partial charge in [0.15, 0.2) is 0 Å². The average molecular weight is 473 g/mol. The molecule has 34 heavy (non-hydrogen) atoms. The molecule has 1 aromatic carbocycles. The number of β-amino-alcohol motifs (C(OH)–C–C–N with tert-alkyl or cyclic N) is 1. The molecule has 0 aliphatic rings. The molecule has 0 fully saturated rings. The molecule has 1 amide bonds. The Hall–Kier alpha value is -2.52. The number of aromatic hydroxyl groups is 1. The number of nitrogens with zero attached hydrogens (tertiary/aromatic N) is 2. The number of carbonyl (C=O) groups excluding carboxylic acids is 1. The number of amides is 1. The fraction of sp³-hybridized carbons (Fsp3) is 0.538. The number of aliphatic hydroxyl groups is 2. The molecule has 2 rings (SSSR count). The summed E-state index contributed by atoms with van der Waals surface area (Å²) in [5, 5.41) is 35.9. The maximum atomic E-state index is 12.6. The molecule has 2 atom stereocenters. The van der Waals surface area contributed by atoms with Crippen molar-refractivity contribution in [1.29, 1.82) is 0 Å². The Kier molecular flexibility index (Phi) is 10.4. The normalized spacial score (nSPS) is 13.6. The quantitative estimate of drug-likeness (QED) is 0.283. The van der Waals surface area contributed by atoms with Crippen LogP contribution < -0.4 is 10.6 Å². The third kappa shape index (κ3) is 8.68. The molecule has 2 aromatic rings. The van der Waals surface area contributed by atoms with Crippen molar-refractivity contribution in [2.24, 2.45) is 0 Å². The van der Waals surface area contributed by atoms with Crippen molar-refractivity contribution < 1.29 is 20.1 Å². The SMILES string of the molecule is CC(C(=O)NCCCN(C)C)c1cccc(CC(C)(C)NCC(O)c2ccc(O)c(CO)n2)c1. The average Bonchev–Trinajstić information content (AvgIpc) is 2.79. The maximum absolute atomic E-state index is 12.6. The Bertz CT molecular complexity index is 933. The summed E-state index contributed by atoms with van der Waals surface area (Å²) in [5.41, 5.74) is 2.28. The largest absolute Gasteiger partial charge is 0.506 e. The summed E-state index contributed by atoms with van der Waals surface area (Å²) in [6, 6.07) is 11.0. The van der Waals surface area contributed by atoms with Gasteiger partial charge in [0.05, 0.1) is 18.2 Å². The molecule has 2 unspecified atom stereocenters. The molecule has 0 saturated heterocycles. The van der Waals surface area contributed by atoms with Crippen LogP contribution in [0.2, 0.25) is 0 Å². The van der Waals surface area contributed by atoms with Crippen molar-refractivity contribution in [2.45, 2.75) is 57.8 Å². The van der Waals surface area contributed by atoms with Crippen molar-refractivity contribution in [2.75, 3.05) is 33.7 Å². The zero-order valence-corrected chi connectivity index (χ0v) is 21.0. The van der Waals surface area contributed by atoms with Crippen LogP contribution in [0.1, 0.15) is 61.7 Å². The Labute approximate surface area is 203 Å². The highest BCUT2D eigenvalue weighted by molar-refractivity contribution is 5.83. The second kappa shape index (κ2) is 12.8.